The number of pyridine rings is 1. The second-order valence-corrected chi connectivity index (χ2v) is 6.06. The highest BCUT2D eigenvalue weighted by Gasteiger charge is 2.52. The van der Waals surface area contributed by atoms with Crippen molar-refractivity contribution in [2.24, 2.45) is 0 Å². The van der Waals surface area contributed by atoms with Gasteiger partial charge in [0.25, 0.3) is 0 Å². The van der Waals surface area contributed by atoms with Crippen molar-refractivity contribution in [3.63, 3.8) is 0 Å². The van der Waals surface area contributed by atoms with Gasteiger partial charge >= 0.3 is 7.12 Å². The van der Waals surface area contributed by atoms with Crippen LogP contribution in [0.4, 0.5) is 0 Å². The molecule has 0 bridgehead atoms. The summed E-state index contributed by atoms with van der Waals surface area (Å²) in [5.74, 6) is 0. The fourth-order valence-corrected chi connectivity index (χ4v) is 2.10. The standard InChI is InChI=1S/C15H22BNO2/c1-7-8-12-9-10-13(11(2)17-12)16-18-14(3,4)15(5,6)19-16/h7,9-10H,1,8H2,2-6H3. The molecule has 2 rings (SSSR count). The van der Waals surface area contributed by atoms with Crippen LogP contribution in [-0.4, -0.2) is 23.3 Å². The van der Waals surface area contributed by atoms with E-state index in [-0.39, 0.29) is 18.3 Å². The zero-order valence-corrected chi connectivity index (χ0v) is 12.5. The Kier molecular flexibility index (Phi) is 3.58. The van der Waals surface area contributed by atoms with Crippen molar-refractivity contribution in [3.05, 3.63) is 36.2 Å². The zero-order valence-electron chi connectivity index (χ0n) is 12.5. The number of hydrogen-bond acceptors (Lipinski definition) is 3. The molecule has 0 radical (unpaired) electrons. The van der Waals surface area contributed by atoms with Crippen molar-refractivity contribution in [2.75, 3.05) is 0 Å². The maximum Gasteiger partial charge on any atom is 0.496 e. The second kappa shape index (κ2) is 4.76. The Labute approximate surface area is 116 Å². The SMILES string of the molecule is C=CCc1ccc(B2OC(C)(C)C(C)(C)O2)c(C)n1. The summed E-state index contributed by atoms with van der Waals surface area (Å²) in [5.41, 5.74) is 2.35. The van der Waals surface area contributed by atoms with Gasteiger partial charge in [-0.25, -0.2) is 0 Å². The van der Waals surface area contributed by atoms with Crippen LogP contribution in [0.25, 0.3) is 0 Å². The van der Waals surface area contributed by atoms with E-state index in [4.69, 9.17) is 9.31 Å². The number of aryl methyl sites for hydroxylation is 1. The van der Waals surface area contributed by atoms with Gasteiger partial charge in [0.1, 0.15) is 0 Å². The molecule has 0 amide bonds. The van der Waals surface area contributed by atoms with Crippen molar-refractivity contribution in [3.8, 4) is 0 Å². The summed E-state index contributed by atoms with van der Waals surface area (Å²) in [6.07, 6.45) is 2.64. The van der Waals surface area contributed by atoms with E-state index in [9.17, 15) is 0 Å². The van der Waals surface area contributed by atoms with Crippen LogP contribution in [-0.2, 0) is 15.7 Å². The molecule has 4 heteroatoms. The van der Waals surface area contributed by atoms with E-state index in [2.05, 4.69) is 39.3 Å². The van der Waals surface area contributed by atoms with Crippen molar-refractivity contribution in [1.82, 2.24) is 4.98 Å². The predicted molar refractivity (Wildman–Crippen MR) is 78.6 cm³/mol. The molecule has 1 saturated heterocycles. The van der Waals surface area contributed by atoms with Crippen LogP contribution in [0.5, 0.6) is 0 Å². The summed E-state index contributed by atoms with van der Waals surface area (Å²) < 4.78 is 12.1. The molecule has 0 atom stereocenters. The van der Waals surface area contributed by atoms with Crippen LogP contribution in [0.1, 0.15) is 39.1 Å². The molecule has 3 nitrogen and oxygen atoms in total. The summed E-state index contributed by atoms with van der Waals surface area (Å²) in [4.78, 5) is 4.57. The number of nitrogens with zero attached hydrogens (tertiary/aromatic N) is 1. The highest BCUT2D eigenvalue weighted by Crippen LogP contribution is 2.36. The largest absolute Gasteiger partial charge is 0.496 e. The monoisotopic (exact) mass is 259 g/mol. The van der Waals surface area contributed by atoms with Gasteiger partial charge in [0.15, 0.2) is 0 Å². The lowest BCUT2D eigenvalue weighted by Gasteiger charge is -2.32. The molecule has 2 heterocycles. The summed E-state index contributed by atoms with van der Waals surface area (Å²) in [7, 11) is -0.338. The molecule has 0 unspecified atom stereocenters. The van der Waals surface area contributed by atoms with Crippen molar-refractivity contribution in [1.29, 1.82) is 0 Å². The topological polar surface area (TPSA) is 31.4 Å². The molecular weight excluding hydrogens is 237 g/mol. The van der Waals surface area contributed by atoms with E-state index < -0.39 is 0 Å². The lowest BCUT2D eigenvalue weighted by molar-refractivity contribution is 0.00578. The molecular formula is C15H22BNO2. The number of allylic oxidation sites excluding steroid dienone is 1. The number of rotatable bonds is 3. The zero-order chi connectivity index (χ0) is 14.3. The smallest absolute Gasteiger partial charge is 0.399 e. The Morgan fingerprint density at radius 1 is 1.21 bits per heavy atom. The fraction of sp³-hybridized carbons (Fsp3) is 0.533. The second-order valence-electron chi connectivity index (χ2n) is 6.06. The number of aromatic nitrogens is 1. The molecule has 0 spiro atoms. The van der Waals surface area contributed by atoms with Crippen molar-refractivity contribution < 1.29 is 9.31 Å². The average Bonchev–Trinajstić information content (AvgIpc) is 2.48. The molecule has 0 N–H and O–H groups in total. The van der Waals surface area contributed by atoms with Gasteiger partial charge < -0.3 is 9.31 Å². The molecule has 1 aromatic rings. The average molecular weight is 259 g/mol. The highest BCUT2D eigenvalue weighted by atomic mass is 16.7. The molecule has 1 fully saturated rings. The highest BCUT2D eigenvalue weighted by molar-refractivity contribution is 6.62. The van der Waals surface area contributed by atoms with E-state index in [1.165, 1.54) is 0 Å². The van der Waals surface area contributed by atoms with Gasteiger partial charge in [0, 0.05) is 23.3 Å². The minimum Gasteiger partial charge on any atom is -0.399 e. The maximum absolute atomic E-state index is 6.05. The Hall–Kier alpha value is -1.13. The maximum atomic E-state index is 6.05. The van der Waals surface area contributed by atoms with E-state index >= 15 is 0 Å². The first kappa shape index (κ1) is 14.3. The van der Waals surface area contributed by atoms with Gasteiger partial charge in [-0.2, -0.15) is 0 Å². The summed E-state index contributed by atoms with van der Waals surface area (Å²) in [6.45, 7) is 14.0. The van der Waals surface area contributed by atoms with E-state index in [1.807, 2.05) is 25.1 Å². The Balaban J connectivity index is 2.27. The molecule has 1 aliphatic heterocycles. The number of hydrogen-bond donors (Lipinski definition) is 0. The summed E-state index contributed by atoms with van der Waals surface area (Å²) in [6, 6.07) is 4.05. The first-order valence-electron chi connectivity index (χ1n) is 6.70. The van der Waals surface area contributed by atoms with E-state index in [0.29, 0.717) is 0 Å². The van der Waals surface area contributed by atoms with E-state index in [1.54, 1.807) is 0 Å². The van der Waals surface area contributed by atoms with Crippen molar-refractivity contribution in [2.45, 2.75) is 52.2 Å². The molecule has 1 aliphatic rings. The Bertz CT molecular complexity index is 481. The van der Waals surface area contributed by atoms with Crippen LogP contribution >= 0.6 is 0 Å². The van der Waals surface area contributed by atoms with Gasteiger partial charge in [0.2, 0.25) is 0 Å². The van der Waals surface area contributed by atoms with Gasteiger partial charge in [-0.15, -0.1) is 6.58 Å². The minimum atomic E-state index is -0.338. The van der Waals surface area contributed by atoms with E-state index in [0.717, 1.165) is 23.3 Å². The molecule has 102 valence electrons. The lowest BCUT2D eigenvalue weighted by Crippen LogP contribution is -2.41. The first-order valence-corrected chi connectivity index (χ1v) is 6.70. The molecule has 0 aliphatic carbocycles. The first-order chi connectivity index (χ1) is 8.77. The predicted octanol–water partition coefficient (Wildman–Crippen LogP) is 2.42. The quantitative estimate of drug-likeness (QED) is 0.617. The van der Waals surface area contributed by atoms with Gasteiger partial charge in [-0.1, -0.05) is 12.1 Å². The third-order valence-electron chi connectivity index (χ3n) is 4.05. The molecule has 0 saturated carbocycles. The molecule has 19 heavy (non-hydrogen) atoms. The Morgan fingerprint density at radius 3 is 2.26 bits per heavy atom. The normalized spacial score (nSPS) is 20.6. The van der Waals surface area contributed by atoms with Crippen molar-refractivity contribution >= 4 is 12.6 Å². The summed E-state index contributed by atoms with van der Waals surface area (Å²) >= 11 is 0. The molecule has 1 aromatic heterocycles. The van der Waals surface area contributed by atoms with Gasteiger partial charge in [-0.05, 0) is 40.7 Å². The lowest BCUT2D eigenvalue weighted by atomic mass is 9.78. The third-order valence-corrected chi connectivity index (χ3v) is 4.05. The van der Waals surface area contributed by atoms with Gasteiger partial charge in [-0.3, -0.25) is 4.98 Å². The van der Waals surface area contributed by atoms with Gasteiger partial charge in [0.05, 0.1) is 11.2 Å². The van der Waals surface area contributed by atoms with Crippen LogP contribution in [0.3, 0.4) is 0 Å². The van der Waals surface area contributed by atoms with Crippen LogP contribution < -0.4 is 5.46 Å². The fourth-order valence-electron chi connectivity index (χ4n) is 2.10. The third kappa shape index (κ3) is 2.60. The summed E-state index contributed by atoms with van der Waals surface area (Å²) in [5, 5.41) is 0. The van der Waals surface area contributed by atoms with Crippen LogP contribution in [0, 0.1) is 6.92 Å². The Morgan fingerprint density at radius 2 is 1.79 bits per heavy atom. The molecule has 0 aromatic carbocycles. The van der Waals surface area contributed by atoms with Crippen LogP contribution in [0.2, 0.25) is 0 Å². The minimum absolute atomic E-state index is 0.316. The van der Waals surface area contributed by atoms with Crippen LogP contribution in [0.15, 0.2) is 24.8 Å².